The molecule has 3 aromatic heterocycles. The van der Waals surface area contributed by atoms with Crippen molar-refractivity contribution in [2.45, 2.75) is 46.7 Å². The first-order valence-corrected chi connectivity index (χ1v) is 8.66. The van der Waals surface area contributed by atoms with Crippen LogP contribution in [0.5, 0.6) is 0 Å². The van der Waals surface area contributed by atoms with E-state index >= 15 is 0 Å². The van der Waals surface area contributed by atoms with E-state index in [-0.39, 0.29) is 18.2 Å². The highest BCUT2D eigenvalue weighted by Gasteiger charge is 2.22. The average Bonchev–Trinajstić information content (AvgIpc) is 3.11. The van der Waals surface area contributed by atoms with Crippen molar-refractivity contribution in [1.29, 1.82) is 0 Å². The van der Waals surface area contributed by atoms with E-state index in [2.05, 4.69) is 18.8 Å². The molecule has 0 spiro atoms. The standard InChI is InChI=1S/C17H23N5O4/c1-6-10(3)22-11(4)8-20-13-14(18-16(20)22)19(5)17(25)21(15(13)24)9-12(23)26-7-2/h8,10H,6-7,9H2,1-5H3/t10-/m0/s1. The minimum Gasteiger partial charge on any atom is -0.465 e. The minimum absolute atomic E-state index is 0.185. The number of aromatic nitrogens is 5. The highest BCUT2D eigenvalue weighted by molar-refractivity contribution is 5.76. The monoisotopic (exact) mass is 361 g/mol. The van der Waals surface area contributed by atoms with Gasteiger partial charge in [-0.15, -0.1) is 0 Å². The Morgan fingerprint density at radius 3 is 2.62 bits per heavy atom. The van der Waals surface area contributed by atoms with Crippen LogP contribution in [0.25, 0.3) is 16.9 Å². The molecular weight excluding hydrogens is 338 g/mol. The molecule has 0 bridgehead atoms. The number of esters is 1. The summed E-state index contributed by atoms with van der Waals surface area (Å²) in [6.07, 6.45) is 2.73. The fraction of sp³-hybridized carbons (Fsp3) is 0.529. The SMILES string of the molecule is CCOC(=O)Cn1c(=O)c2c(nc3n([C@@H](C)CC)c(C)cn23)n(C)c1=O. The van der Waals surface area contributed by atoms with Crippen molar-refractivity contribution < 1.29 is 9.53 Å². The van der Waals surface area contributed by atoms with Gasteiger partial charge in [-0.25, -0.2) is 9.36 Å². The molecule has 0 radical (unpaired) electrons. The third kappa shape index (κ3) is 2.54. The third-order valence-corrected chi connectivity index (χ3v) is 4.69. The molecular formula is C17H23N5O4. The Kier molecular flexibility index (Phi) is 4.47. The van der Waals surface area contributed by atoms with Gasteiger partial charge < -0.3 is 9.30 Å². The molecule has 0 unspecified atom stereocenters. The maximum atomic E-state index is 12.9. The Hall–Kier alpha value is -2.84. The van der Waals surface area contributed by atoms with Crippen LogP contribution < -0.4 is 11.2 Å². The Labute approximate surface area is 149 Å². The summed E-state index contributed by atoms with van der Waals surface area (Å²) in [6, 6.07) is 0.197. The zero-order valence-corrected chi connectivity index (χ0v) is 15.6. The van der Waals surface area contributed by atoms with Crippen molar-refractivity contribution in [3.05, 3.63) is 32.7 Å². The van der Waals surface area contributed by atoms with Gasteiger partial charge in [-0.05, 0) is 27.2 Å². The second-order valence-corrected chi connectivity index (χ2v) is 6.39. The molecule has 0 amide bonds. The lowest BCUT2D eigenvalue weighted by atomic mass is 10.2. The summed E-state index contributed by atoms with van der Waals surface area (Å²) < 4.78 is 10.8. The van der Waals surface area contributed by atoms with Crippen LogP contribution in [0, 0.1) is 6.92 Å². The number of aryl methyl sites for hydroxylation is 2. The number of rotatable bonds is 5. The molecule has 9 nitrogen and oxygen atoms in total. The van der Waals surface area contributed by atoms with Gasteiger partial charge in [-0.3, -0.25) is 18.6 Å². The lowest BCUT2D eigenvalue weighted by Crippen LogP contribution is -2.41. The molecule has 0 N–H and O–H groups in total. The van der Waals surface area contributed by atoms with E-state index in [1.807, 2.05) is 17.7 Å². The third-order valence-electron chi connectivity index (χ3n) is 4.69. The first-order valence-electron chi connectivity index (χ1n) is 8.66. The fourth-order valence-corrected chi connectivity index (χ4v) is 3.23. The van der Waals surface area contributed by atoms with Crippen molar-refractivity contribution in [3.63, 3.8) is 0 Å². The van der Waals surface area contributed by atoms with Crippen LogP contribution in [-0.2, 0) is 23.1 Å². The summed E-state index contributed by atoms with van der Waals surface area (Å²) >= 11 is 0. The zero-order valence-electron chi connectivity index (χ0n) is 15.6. The van der Waals surface area contributed by atoms with Crippen molar-refractivity contribution in [2.24, 2.45) is 7.05 Å². The molecule has 0 aliphatic heterocycles. The lowest BCUT2D eigenvalue weighted by molar-refractivity contribution is -0.143. The van der Waals surface area contributed by atoms with Gasteiger partial charge in [0.2, 0.25) is 5.78 Å². The number of hydrogen-bond acceptors (Lipinski definition) is 5. The van der Waals surface area contributed by atoms with Crippen LogP contribution in [0.4, 0.5) is 0 Å². The van der Waals surface area contributed by atoms with E-state index in [1.54, 1.807) is 18.4 Å². The van der Waals surface area contributed by atoms with E-state index in [9.17, 15) is 14.4 Å². The molecule has 0 fully saturated rings. The second-order valence-electron chi connectivity index (χ2n) is 6.39. The minimum atomic E-state index is -0.625. The van der Waals surface area contributed by atoms with Gasteiger partial charge in [-0.1, -0.05) is 6.92 Å². The van der Waals surface area contributed by atoms with Crippen LogP contribution in [0.1, 0.15) is 38.9 Å². The molecule has 0 aliphatic rings. The van der Waals surface area contributed by atoms with Crippen molar-refractivity contribution in [3.8, 4) is 0 Å². The van der Waals surface area contributed by atoms with Crippen LogP contribution in [0.3, 0.4) is 0 Å². The zero-order chi connectivity index (χ0) is 19.2. The van der Waals surface area contributed by atoms with Gasteiger partial charge in [-0.2, -0.15) is 4.98 Å². The van der Waals surface area contributed by atoms with Gasteiger partial charge in [0.25, 0.3) is 5.56 Å². The number of fused-ring (bicyclic) bond motifs is 3. The molecule has 3 rings (SSSR count). The topological polar surface area (TPSA) is 92.5 Å². The maximum absolute atomic E-state index is 12.9. The Morgan fingerprint density at radius 1 is 1.31 bits per heavy atom. The molecule has 1 atom stereocenters. The maximum Gasteiger partial charge on any atom is 0.333 e. The molecule has 0 aromatic carbocycles. The van der Waals surface area contributed by atoms with Crippen molar-refractivity contribution >= 4 is 22.9 Å². The van der Waals surface area contributed by atoms with Gasteiger partial charge in [0.05, 0.1) is 6.61 Å². The summed E-state index contributed by atoms with van der Waals surface area (Å²) in [4.78, 5) is 41.8. The van der Waals surface area contributed by atoms with Crippen LogP contribution in [-0.4, -0.2) is 35.7 Å². The molecule has 9 heteroatoms. The summed E-state index contributed by atoms with van der Waals surface area (Å²) in [5.41, 5.74) is 0.394. The number of nitrogens with zero attached hydrogens (tertiary/aromatic N) is 5. The van der Waals surface area contributed by atoms with E-state index in [4.69, 9.17) is 4.74 Å². The first kappa shape index (κ1) is 18.0. The molecule has 3 aromatic rings. The predicted molar refractivity (Wildman–Crippen MR) is 96.6 cm³/mol. The second kappa shape index (κ2) is 6.47. The first-order chi connectivity index (χ1) is 12.3. The highest BCUT2D eigenvalue weighted by Crippen LogP contribution is 2.22. The Bertz CT molecular complexity index is 1110. The van der Waals surface area contributed by atoms with Crippen molar-refractivity contribution in [2.75, 3.05) is 6.61 Å². The summed E-state index contributed by atoms with van der Waals surface area (Å²) in [7, 11) is 1.54. The van der Waals surface area contributed by atoms with E-state index in [0.29, 0.717) is 11.4 Å². The Balaban J connectivity index is 2.35. The average molecular weight is 361 g/mol. The predicted octanol–water partition coefficient (Wildman–Crippen LogP) is 0.992. The number of hydrogen-bond donors (Lipinski definition) is 0. The molecule has 140 valence electrons. The highest BCUT2D eigenvalue weighted by atomic mass is 16.5. The summed E-state index contributed by atoms with van der Waals surface area (Å²) in [6.45, 7) is 7.53. The lowest BCUT2D eigenvalue weighted by Gasteiger charge is -2.12. The van der Waals surface area contributed by atoms with E-state index in [0.717, 1.165) is 16.7 Å². The van der Waals surface area contributed by atoms with Crippen LogP contribution in [0.2, 0.25) is 0 Å². The molecule has 0 aliphatic carbocycles. The van der Waals surface area contributed by atoms with Gasteiger partial charge in [0.15, 0.2) is 11.2 Å². The summed E-state index contributed by atoms with van der Waals surface area (Å²) in [5.74, 6) is -0.0204. The Morgan fingerprint density at radius 2 is 2.00 bits per heavy atom. The number of ether oxygens (including phenoxy) is 1. The smallest absolute Gasteiger partial charge is 0.333 e. The molecule has 0 saturated heterocycles. The molecule has 3 heterocycles. The van der Waals surface area contributed by atoms with Gasteiger partial charge >= 0.3 is 11.7 Å². The van der Waals surface area contributed by atoms with Crippen molar-refractivity contribution in [1.82, 2.24) is 23.1 Å². The van der Waals surface area contributed by atoms with Crippen LogP contribution >= 0.6 is 0 Å². The largest absolute Gasteiger partial charge is 0.465 e. The number of imidazole rings is 2. The molecule has 26 heavy (non-hydrogen) atoms. The van der Waals surface area contributed by atoms with Gasteiger partial charge in [0, 0.05) is 25.0 Å². The van der Waals surface area contributed by atoms with Crippen LogP contribution in [0.15, 0.2) is 15.8 Å². The van der Waals surface area contributed by atoms with Gasteiger partial charge in [0.1, 0.15) is 6.54 Å². The number of carbonyl (C=O) groups excluding carboxylic acids is 1. The number of carbonyl (C=O) groups is 1. The summed E-state index contributed by atoms with van der Waals surface area (Å²) in [5, 5.41) is 0. The quantitative estimate of drug-likeness (QED) is 0.632. The van der Waals surface area contributed by atoms with E-state index in [1.165, 1.54) is 4.57 Å². The van der Waals surface area contributed by atoms with E-state index < -0.39 is 23.8 Å². The molecule has 0 saturated carbocycles. The fourth-order valence-electron chi connectivity index (χ4n) is 3.23. The normalized spacial score (nSPS) is 12.8.